The van der Waals surface area contributed by atoms with Crippen LogP contribution in [0.2, 0.25) is 0 Å². The van der Waals surface area contributed by atoms with Gasteiger partial charge in [0.15, 0.2) is 0 Å². The lowest BCUT2D eigenvalue weighted by molar-refractivity contribution is -0.141. The minimum Gasteiger partial charge on any atom is -0.251 e. The smallest absolute Gasteiger partial charge is 0.251 e. The van der Waals surface area contributed by atoms with Crippen LogP contribution in [0.5, 0.6) is 0 Å². The monoisotopic (exact) mass is 207 g/mol. The van der Waals surface area contributed by atoms with Crippen LogP contribution < -0.4 is 0 Å². The molecule has 72 valence electrons. The zero-order valence-electron chi connectivity index (χ0n) is 6.84. The molecular weight excluding hydrogens is 199 g/mol. The zero-order valence-corrected chi connectivity index (χ0v) is 7.73. The van der Waals surface area contributed by atoms with Gasteiger partial charge in [-0.15, -0.1) is 0 Å². The molecule has 1 heterocycles. The topological polar surface area (TPSA) is 12.9 Å². The number of hydrogen-bond donors (Lipinski definition) is 1. The Morgan fingerprint density at radius 3 is 2.31 bits per heavy atom. The van der Waals surface area contributed by atoms with Crippen molar-refractivity contribution in [2.24, 2.45) is 0 Å². The second-order valence-corrected chi connectivity index (χ2v) is 3.43. The molecule has 0 aromatic carbocycles. The maximum atomic E-state index is 12.0. The fourth-order valence-corrected chi connectivity index (χ4v) is 0.973. The van der Waals surface area contributed by atoms with E-state index in [0.29, 0.717) is 5.56 Å². The van der Waals surface area contributed by atoms with E-state index in [2.05, 4.69) is 17.6 Å². The average Bonchev–Trinajstić information content (AvgIpc) is 2.03. The molecule has 0 amide bonds. The third kappa shape index (κ3) is 2.62. The normalized spacial score (nSPS) is 14.2. The summed E-state index contributed by atoms with van der Waals surface area (Å²) in [6, 6.07) is 2.34. The van der Waals surface area contributed by atoms with Crippen molar-refractivity contribution in [2.75, 3.05) is 0 Å². The van der Waals surface area contributed by atoms with E-state index in [9.17, 15) is 13.2 Å². The van der Waals surface area contributed by atoms with Crippen molar-refractivity contribution in [1.82, 2.24) is 4.98 Å². The lowest BCUT2D eigenvalue weighted by Crippen LogP contribution is -2.07. The molecule has 1 aromatic rings. The van der Waals surface area contributed by atoms with Crippen LogP contribution in [0.3, 0.4) is 0 Å². The SMILES string of the molecule is C[C@H](S)c1ccc(C(F)(F)F)nc1. The summed E-state index contributed by atoms with van der Waals surface area (Å²) in [6.45, 7) is 1.77. The molecule has 0 saturated carbocycles. The van der Waals surface area contributed by atoms with Crippen molar-refractivity contribution >= 4 is 12.6 Å². The largest absolute Gasteiger partial charge is 0.433 e. The summed E-state index contributed by atoms with van der Waals surface area (Å²) in [7, 11) is 0. The molecule has 0 radical (unpaired) electrons. The quantitative estimate of drug-likeness (QED) is 0.698. The standard InChI is InChI=1S/C8H8F3NS/c1-5(13)6-2-3-7(12-4-6)8(9,10)11/h2-5,13H,1H3/t5-/m0/s1. The molecule has 0 aliphatic rings. The first kappa shape index (κ1) is 10.4. The van der Waals surface area contributed by atoms with Gasteiger partial charge >= 0.3 is 6.18 Å². The van der Waals surface area contributed by atoms with Gasteiger partial charge in [-0.3, -0.25) is 4.98 Å². The van der Waals surface area contributed by atoms with Gasteiger partial charge in [0.2, 0.25) is 0 Å². The maximum absolute atomic E-state index is 12.0. The zero-order chi connectivity index (χ0) is 10.1. The highest BCUT2D eigenvalue weighted by Crippen LogP contribution is 2.28. The van der Waals surface area contributed by atoms with Crippen LogP contribution in [-0.4, -0.2) is 4.98 Å². The molecule has 0 fully saturated rings. The Labute approximate surface area is 79.4 Å². The van der Waals surface area contributed by atoms with E-state index in [1.807, 2.05) is 0 Å². The molecule has 5 heteroatoms. The van der Waals surface area contributed by atoms with Crippen molar-refractivity contribution < 1.29 is 13.2 Å². The van der Waals surface area contributed by atoms with Crippen molar-refractivity contribution in [2.45, 2.75) is 18.3 Å². The predicted octanol–water partition coefficient (Wildman–Crippen LogP) is 3.09. The summed E-state index contributed by atoms with van der Waals surface area (Å²) < 4.78 is 36.1. The van der Waals surface area contributed by atoms with Crippen LogP contribution in [0.25, 0.3) is 0 Å². The Morgan fingerprint density at radius 2 is 2.00 bits per heavy atom. The third-order valence-electron chi connectivity index (χ3n) is 1.56. The molecule has 1 atom stereocenters. The second-order valence-electron chi connectivity index (χ2n) is 2.65. The molecule has 1 aromatic heterocycles. The molecule has 1 nitrogen and oxygen atoms in total. The van der Waals surface area contributed by atoms with Gasteiger partial charge in [-0.25, -0.2) is 0 Å². The Hall–Kier alpha value is -0.710. The molecule has 0 aliphatic carbocycles. The molecule has 0 aliphatic heterocycles. The molecule has 13 heavy (non-hydrogen) atoms. The highest BCUT2D eigenvalue weighted by Gasteiger charge is 2.32. The van der Waals surface area contributed by atoms with E-state index < -0.39 is 11.9 Å². The Balaban J connectivity index is 2.94. The summed E-state index contributed by atoms with van der Waals surface area (Å²) in [5.41, 5.74) is -0.193. The maximum Gasteiger partial charge on any atom is 0.433 e. The first-order valence-corrected chi connectivity index (χ1v) is 4.14. The molecule has 0 unspecified atom stereocenters. The number of aromatic nitrogens is 1. The van der Waals surface area contributed by atoms with Crippen molar-refractivity contribution in [3.8, 4) is 0 Å². The van der Waals surface area contributed by atoms with E-state index in [1.165, 1.54) is 12.3 Å². The number of nitrogens with zero attached hydrogens (tertiary/aromatic N) is 1. The third-order valence-corrected chi connectivity index (χ3v) is 1.86. The Bertz CT molecular complexity index is 278. The summed E-state index contributed by atoms with van der Waals surface area (Å²) in [5.74, 6) is 0. The molecular formula is C8H8F3NS. The lowest BCUT2D eigenvalue weighted by atomic mass is 10.2. The van der Waals surface area contributed by atoms with E-state index in [4.69, 9.17) is 0 Å². The molecule has 0 bridgehead atoms. The Kier molecular flexibility index (Phi) is 2.85. The molecule has 0 N–H and O–H groups in total. The molecule has 1 rings (SSSR count). The Morgan fingerprint density at radius 1 is 1.38 bits per heavy atom. The fourth-order valence-electron chi connectivity index (χ4n) is 0.820. The van der Waals surface area contributed by atoms with Crippen LogP contribution in [0.15, 0.2) is 18.3 Å². The lowest BCUT2D eigenvalue weighted by Gasteiger charge is -2.07. The van der Waals surface area contributed by atoms with Crippen molar-refractivity contribution in [3.63, 3.8) is 0 Å². The number of hydrogen-bond acceptors (Lipinski definition) is 2. The van der Waals surface area contributed by atoms with Gasteiger partial charge in [0.05, 0.1) is 0 Å². The number of thiol groups is 1. The minimum atomic E-state index is -4.36. The predicted molar refractivity (Wildman–Crippen MR) is 46.6 cm³/mol. The van der Waals surface area contributed by atoms with Gasteiger partial charge in [0.25, 0.3) is 0 Å². The summed E-state index contributed by atoms with van der Waals surface area (Å²) in [4.78, 5) is 3.30. The van der Waals surface area contributed by atoms with Crippen molar-refractivity contribution in [1.29, 1.82) is 0 Å². The fraction of sp³-hybridized carbons (Fsp3) is 0.375. The molecule has 0 saturated heterocycles. The van der Waals surface area contributed by atoms with Gasteiger partial charge in [0.1, 0.15) is 5.69 Å². The number of alkyl halides is 3. The van der Waals surface area contributed by atoms with E-state index in [-0.39, 0.29) is 5.25 Å². The van der Waals surface area contributed by atoms with E-state index >= 15 is 0 Å². The van der Waals surface area contributed by atoms with Crippen LogP contribution in [0.1, 0.15) is 23.4 Å². The molecule has 0 spiro atoms. The number of pyridine rings is 1. The van der Waals surface area contributed by atoms with Crippen molar-refractivity contribution in [3.05, 3.63) is 29.6 Å². The van der Waals surface area contributed by atoms with Gasteiger partial charge in [-0.2, -0.15) is 25.8 Å². The van der Waals surface area contributed by atoms with Gasteiger partial charge in [0, 0.05) is 11.4 Å². The van der Waals surface area contributed by atoms with Gasteiger partial charge in [-0.05, 0) is 18.6 Å². The summed E-state index contributed by atoms with van der Waals surface area (Å²) in [6.07, 6.45) is -3.17. The first-order chi connectivity index (χ1) is 5.91. The average molecular weight is 207 g/mol. The van der Waals surface area contributed by atoms with E-state index in [0.717, 1.165) is 6.07 Å². The van der Waals surface area contributed by atoms with Crippen LogP contribution in [-0.2, 0) is 6.18 Å². The van der Waals surface area contributed by atoms with Gasteiger partial charge in [-0.1, -0.05) is 6.07 Å². The highest BCUT2D eigenvalue weighted by atomic mass is 32.1. The van der Waals surface area contributed by atoms with Crippen LogP contribution >= 0.6 is 12.6 Å². The minimum absolute atomic E-state index is 0.102. The van der Waals surface area contributed by atoms with Gasteiger partial charge < -0.3 is 0 Å². The summed E-state index contributed by atoms with van der Waals surface area (Å²) >= 11 is 4.07. The van der Waals surface area contributed by atoms with E-state index in [1.54, 1.807) is 6.92 Å². The summed E-state index contributed by atoms with van der Waals surface area (Å²) in [5, 5.41) is -0.102. The number of rotatable bonds is 1. The highest BCUT2D eigenvalue weighted by molar-refractivity contribution is 7.80. The second kappa shape index (κ2) is 3.57. The first-order valence-electron chi connectivity index (χ1n) is 3.62. The van der Waals surface area contributed by atoms with Crippen LogP contribution in [0.4, 0.5) is 13.2 Å². The number of halogens is 3. The van der Waals surface area contributed by atoms with Crippen LogP contribution in [0, 0.1) is 0 Å².